The first-order valence-corrected chi connectivity index (χ1v) is 9.11. The lowest BCUT2D eigenvalue weighted by Crippen LogP contribution is -2.47. The summed E-state index contributed by atoms with van der Waals surface area (Å²) in [5.74, 6) is 2.51. The molecule has 0 spiro atoms. The lowest BCUT2D eigenvalue weighted by atomic mass is 10.2. The van der Waals surface area contributed by atoms with Crippen LogP contribution in [0.15, 0.2) is 42.6 Å². The molecule has 27 heavy (non-hydrogen) atoms. The first kappa shape index (κ1) is 17.2. The number of anilines is 2. The minimum atomic E-state index is 0.530. The van der Waals surface area contributed by atoms with Crippen LogP contribution in [-0.4, -0.2) is 47.7 Å². The number of para-hydroxylation sites is 1. The van der Waals surface area contributed by atoms with Crippen LogP contribution in [0.4, 0.5) is 11.6 Å². The first-order chi connectivity index (χ1) is 13.3. The van der Waals surface area contributed by atoms with Crippen molar-refractivity contribution in [2.45, 2.75) is 6.42 Å². The Kier molecular flexibility index (Phi) is 4.81. The summed E-state index contributed by atoms with van der Waals surface area (Å²) in [6.07, 6.45) is 2.40. The van der Waals surface area contributed by atoms with Crippen LogP contribution in [0, 0.1) is 11.3 Å². The second kappa shape index (κ2) is 7.56. The molecule has 0 bridgehead atoms. The van der Waals surface area contributed by atoms with Crippen molar-refractivity contribution in [3.8, 4) is 6.07 Å². The smallest absolute Gasteiger partial charge is 0.146 e. The fourth-order valence-corrected chi connectivity index (χ4v) is 3.45. The SMILES string of the molecule is N#Cc1cccnc1N1CCN(c2nc(CCN)nc3ccccc23)CC1. The molecule has 136 valence electrons. The number of nitrogens with two attached hydrogens (primary N) is 1. The third-order valence-electron chi connectivity index (χ3n) is 4.78. The van der Waals surface area contributed by atoms with E-state index in [0.717, 1.165) is 54.5 Å². The Balaban J connectivity index is 1.60. The molecule has 3 aromatic rings. The maximum absolute atomic E-state index is 9.32. The van der Waals surface area contributed by atoms with Crippen LogP contribution in [0.5, 0.6) is 0 Å². The number of benzene rings is 1. The Bertz CT molecular complexity index is 987. The topological polar surface area (TPSA) is 95.0 Å². The number of nitrogens with zero attached hydrogens (tertiary/aromatic N) is 6. The van der Waals surface area contributed by atoms with Crippen molar-refractivity contribution in [1.29, 1.82) is 5.26 Å². The van der Waals surface area contributed by atoms with E-state index in [4.69, 9.17) is 10.7 Å². The summed E-state index contributed by atoms with van der Waals surface area (Å²) in [7, 11) is 0. The number of nitriles is 1. The van der Waals surface area contributed by atoms with Crippen LogP contribution < -0.4 is 15.5 Å². The maximum atomic E-state index is 9.32. The Morgan fingerprint density at radius 3 is 2.44 bits per heavy atom. The van der Waals surface area contributed by atoms with E-state index in [9.17, 15) is 5.26 Å². The Hall–Kier alpha value is -3.24. The van der Waals surface area contributed by atoms with Crippen LogP contribution in [0.1, 0.15) is 11.4 Å². The normalized spacial score (nSPS) is 14.4. The van der Waals surface area contributed by atoms with Gasteiger partial charge in [-0.3, -0.25) is 0 Å². The van der Waals surface area contributed by atoms with Gasteiger partial charge in [0.05, 0.1) is 11.1 Å². The van der Waals surface area contributed by atoms with Crippen molar-refractivity contribution < 1.29 is 0 Å². The predicted molar refractivity (Wildman–Crippen MR) is 106 cm³/mol. The van der Waals surface area contributed by atoms with Gasteiger partial charge in [0.25, 0.3) is 0 Å². The molecule has 0 unspecified atom stereocenters. The van der Waals surface area contributed by atoms with Crippen LogP contribution in [0.3, 0.4) is 0 Å². The van der Waals surface area contributed by atoms with E-state index in [-0.39, 0.29) is 0 Å². The van der Waals surface area contributed by atoms with Gasteiger partial charge in [0.1, 0.15) is 23.5 Å². The molecule has 1 aliphatic heterocycles. The molecule has 1 fully saturated rings. The van der Waals surface area contributed by atoms with E-state index in [2.05, 4.69) is 31.9 Å². The summed E-state index contributed by atoms with van der Waals surface area (Å²) in [6, 6.07) is 13.9. The highest BCUT2D eigenvalue weighted by molar-refractivity contribution is 5.89. The van der Waals surface area contributed by atoms with Gasteiger partial charge in [-0.25, -0.2) is 15.0 Å². The molecule has 0 aliphatic carbocycles. The highest BCUT2D eigenvalue weighted by Crippen LogP contribution is 2.26. The first-order valence-electron chi connectivity index (χ1n) is 9.11. The largest absolute Gasteiger partial charge is 0.352 e. The number of rotatable bonds is 4. The molecule has 1 saturated heterocycles. The summed E-state index contributed by atoms with van der Waals surface area (Å²) >= 11 is 0. The molecule has 0 radical (unpaired) electrons. The molecule has 0 saturated carbocycles. The summed E-state index contributed by atoms with van der Waals surface area (Å²) < 4.78 is 0. The van der Waals surface area contributed by atoms with Gasteiger partial charge in [-0.05, 0) is 30.8 Å². The fraction of sp³-hybridized carbons (Fsp3) is 0.300. The lowest BCUT2D eigenvalue weighted by molar-refractivity contribution is 0.640. The fourth-order valence-electron chi connectivity index (χ4n) is 3.45. The maximum Gasteiger partial charge on any atom is 0.146 e. The number of aromatic nitrogens is 3. The second-order valence-electron chi connectivity index (χ2n) is 6.48. The standard InChI is InChI=1S/C20H21N7/c21-8-7-18-24-17-6-2-1-5-16(17)20(25-18)27-12-10-26(11-13-27)19-15(14-22)4-3-9-23-19/h1-6,9H,7-8,10-13,21H2. The molecule has 7 heteroatoms. The minimum absolute atomic E-state index is 0.530. The van der Waals surface area contributed by atoms with Crippen molar-refractivity contribution >= 4 is 22.5 Å². The van der Waals surface area contributed by atoms with Gasteiger partial charge in [-0.1, -0.05) is 12.1 Å². The molecular formula is C20H21N7. The van der Waals surface area contributed by atoms with Crippen molar-refractivity contribution in [1.82, 2.24) is 15.0 Å². The number of fused-ring (bicyclic) bond motifs is 1. The van der Waals surface area contributed by atoms with E-state index >= 15 is 0 Å². The van der Waals surface area contributed by atoms with Gasteiger partial charge in [0.15, 0.2) is 0 Å². The zero-order valence-electron chi connectivity index (χ0n) is 15.0. The molecule has 2 N–H and O–H groups in total. The van der Waals surface area contributed by atoms with Gasteiger partial charge in [0, 0.05) is 44.2 Å². The van der Waals surface area contributed by atoms with Crippen LogP contribution >= 0.6 is 0 Å². The summed E-state index contributed by atoms with van der Waals surface area (Å²) in [4.78, 5) is 18.3. The molecule has 0 amide bonds. The molecule has 4 rings (SSSR count). The summed E-state index contributed by atoms with van der Waals surface area (Å²) in [6.45, 7) is 3.73. The van der Waals surface area contributed by atoms with Crippen molar-refractivity contribution in [3.63, 3.8) is 0 Å². The number of piperazine rings is 1. The van der Waals surface area contributed by atoms with Crippen LogP contribution in [-0.2, 0) is 6.42 Å². The highest BCUT2D eigenvalue weighted by Gasteiger charge is 2.23. The third kappa shape index (κ3) is 3.39. The molecule has 2 aromatic heterocycles. The van der Waals surface area contributed by atoms with Gasteiger partial charge < -0.3 is 15.5 Å². The molecular weight excluding hydrogens is 338 g/mol. The monoisotopic (exact) mass is 359 g/mol. The van der Waals surface area contributed by atoms with Crippen LogP contribution in [0.2, 0.25) is 0 Å². The Morgan fingerprint density at radius 2 is 1.70 bits per heavy atom. The van der Waals surface area contributed by atoms with Gasteiger partial charge >= 0.3 is 0 Å². The van der Waals surface area contributed by atoms with E-state index in [1.165, 1.54) is 0 Å². The molecule has 3 heterocycles. The minimum Gasteiger partial charge on any atom is -0.352 e. The highest BCUT2D eigenvalue weighted by atomic mass is 15.3. The molecule has 1 aliphatic rings. The zero-order valence-corrected chi connectivity index (χ0v) is 15.0. The average Bonchev–Trinajstić information content (AvgIpc) is 2.73. The summed E-state index contributed by atoms with van der Waals surface area (Å²) in [5.41, 5.74) is 7.27. The molecule has 1 aromatic carbocycles. The second-order valence-corrected chi connectivity index (χ2v) is 6.48. The van der Waals surface area contributed by atoms with Gasteiger partial charge in [0.2, 0.25) is 0 Å². The summed E-state index contributed by atoms with van der Waals surface area (Å²) in [5, 5.41) is 10.4. The molecule has 7 nitrogen and oxygen atoms in total. The molecule has 0 atom stereocenters. The Labute approximate surface area is 158 Å². The van der Waals surface area contributed by atoms with Crippen molar-refractivity contribution in [3.05, 3.63) is 54.0 Å². The van der Waals surface area contributed by atoms with Crippen molar-refractivity contribution in [2.75, 3.05) is 42.5 Å². The van der Waals surface area contributed by atoms with Gasteiger partial charge in [-0.2, -0.15) is 5.26 Å². The Morgan fingerprint density at radius 1 is 0.963 bits per heavy atom. The van der Waals surface area contributed by atoms with Crippen LogP contribution in [0.25, 0.3) is 10.9 Å². The van der Waals surface area contributed by atoms with E-state index in [0.29, 0.717) is 18.5 Å². The predicted octanol–water partition coefficient (Wildman–Crippen LogP) is 1.72. The van der Waals surface area contributed by atoms with E-state index in [1.807, 2.05) is 24.3 Å². The quantitative estimate of drug-likeness (QED) is 0.758. The van der Waals surface area contributed by atoms with E-state index < -0.39 is 0 Å². The zero-order chi connectivity index (χ0) is 18.6. The van der Waals surface area contributed by atoms with E-state index in [1.54, 1.807) is 12.3 Å². The number of hydrogen-bond acceptors (Lipinski definition) is 7. The number of hydrogen-bond donors (Lipinski definition) is 1. The third-order valence-corrected chi connectivity index (χ3v) is 4.78. The van der Waals surface area contributed by atoms with Crippen molar-refractivity contribution in [2.24, 2.45) is 5.73 Å². The average molecular weight is 359 g/mol. The van der Waals surface area contributed by atoms with Gasteiger partial charge in [-0.15, -0.1) is 0 Å². The number of pyridine rings is 1. The lowest BCUT2D eigenvalue weighted by Gasteiger charge is -2.36.